The number of nitrogens with zero attached hydrogens (tertiary/aromatic N) is 2. The van der Waals surface area contributed by atoms with Crippen LogP contribution in [0.2, 0.25) is 0 Å². The zero-order chi connectivity index (χ0) is 19.3. The highest BCUT2D eigenvalue weighted by Crippen LogP contribution is 2.27. The average molecular weight is 378 g/mol. The second kappa shape index (κ2) is 8.35. The van der Waals surface area contributed by atoms with Gasteiger partial charge in [0.15, 0.2) is 6.61 Å². The molecule has 0 radical (unpaired) electrons. The summed E-state index contributed by atoms with van der Waals surface area (Å²) in [6.45, 7) is 8.50. The molecule has 0 fully saturated rings. The van der Waals surface area contributed by atoms with Crippen molar-refractivity contribution >= 4 is 23.7 Å². The van der Waals surface area contributed by atoms with Crippen molar-refractivity contribution < 1.29 is 23.6 Å². The Morgan fingerprint density at radius 1 is 1.27 bits per heavy atom. The summed E-state index contributed by atoms with van der Waals surface area (Å²) in [6.07, 6.45) is 1.60. The van der Waals surface area contributed by atoms with Crippen molar-refractivity contribution in [1.29, 1.82) is 0 Å². The number of ether oxygens (including phenoxy) is 2. The quantitative estimate of drug-likeness (QED) is 0.557. The average Bonchev–Trinajstić information content (AvgIpc) is 2.88. The fraction of sp³-hybridized carbons (Fsp3) is 0.444. The number of hydrogen-bond donors (Lipinski definition) is 0. The molecule has 8 heteroatoms. The third kappa shape index (κ3) is 5.59. The van der Waals surface area contributed by atoms with Gasteiger partial charge in [-0.1, -0.05) is 5.16 Å². The minimum Gasteiger partial charge on any atom is -0.457 e. The molecular formula is C18H22N2O5S. The second-order valence-electron chi connectivity index (χ2n) is 6.61. The van der Waals surface area contributed by atoms with Crippen molar-refractivity contribution in [2.45, 2.75) is 51.0 Å². The molecule has 0 spiro atoms. The molecule has 0 atom stereocenters. The molecule has 0 aliphatic carbocycles. The molecule has 2 aromatic heterocycles. The molecule has 2 heterocycles. The highest BCUT2D eigenvalue weighted by Gasteiger charge is 2.20. The Hall–Kier alpha value is -2.35. The van der Waals surface area contributed by atoms with Crippen LogP contribution in [0.1, 0.15) is 48.1 Å². The summed E-state index contributed by atoms with van der Waals surface area (Å²) in [4.78, 5) is 28.3. The van der Waals surface area contributed by atoms with Gasteiger partial charge in [0.1, 0.15) is 16.4 Å². The van der Waals surface area contributed by atoms with Crippen molar-refractivity contribution in [2.75, 3.05) is 6.61 Å². The number of esters is 2. The summed E-state index contributed by atoms with van der Waals surface area (Å²) in [5.74, 6) is 0.0784. The van der Waals surface area contributed by atoms with Gasteiger partial charge in [-0.25, -0.2) is 14.6 Å². The first-order valence-electron chi connectivity index (χ1n) is 8.06. The second-order valence-corrected chi connectivity index (χ2v) is 7.57. The van der Waals surface area contributed by atoms with Gasteiger partial charge in [-0.05, 0) is 46.8 Å². The predicted molar refractivity (Wildman–Crippen MR) is 95.9 cm³/mol. The largest absolute Gasteiger partial charge is 0.457 e. The first kappa shape index (κ1) is 20.0. The Labute approximate surface area is 156 Å². The van der Waals surface area contributed by atoms with Crippen LogP contribution in [0, 0.1) is 13.8 Å². The molecule has 0 amide bonds. The molecule has 0 aliphatic rings. The van der Waals surface area contributed by atoms with E-state index in [1.807, 2.05) is 13.8 Å². The lowest BCUT2D eigenvalue weighted by Crippen LogP contribution is -2.27. The van der Waals surface area contributed by atoms with Crippen LogP contribution in [-0.2, 0) is 20.0 Å². The van der Waals surface area contributed by atoms with E-state index in [4.69, 9.17) is 14.0 Å². The number of aryl methyl sites for hydroxylation is 2. The Morgan fingerprint density at radius 2 is 2.00 bits per heavy atom. The summed E-state index contributed by atoms with van der Waals surface area (Å²) in [6, 6.07) is 3.25. The zero-order valence-corrected chi connectivity index (χ0v) is 16.3. The minimum atomic E-state index is -0.632. The van der Waals surface area contributed by atoms with Crippen molar-refractivity contribution in [1.82, 2.24) is 10.1 Å². The van der Waals surface area contributed by atoms with Gasteiger partial charge in [0.05, 0.1) is 11.3 Å². The maximum Gasteiger partial charge on any atom is 0.344 e. The molecule has 0 aromatic carbocycles. The number of aromatic nitrogens is 2. The molecule has 26 heavy (non-hydrogen) atoms. The van der Waals surface area contributed by atoms with Gasteiger partial charge < -0.3 is 14.0 Å². The van der Waals surface area contributed by atoms with E-state index in [0.717, 1.165) is 17.0 Å². The summed E-state index contributed by atoms with van der Waals surface area (Å²) in [5.41, 5.74) is 1.44. The maximum absolute atomic E-state index is 12.3. The highest BCUT2D eigenvalue weighted by atomic mass is 32.2. The lowest BCUT2D eigenvalue weighted by Gasteiger charge is -2.19. The van der Waals surface area contributed by atoms with Gasteiger partial charge in [-0.15, -0.1) is 11.8 Å². The monoisotopic (exact) mass is 378 g/mol. The molecule has 0 bridgehead atoms. The number of hydrogen-bond acceptors (Lipinski definition) is 8. The van der Waals surface area contributed by atoms with E-state index in [-0.39, 0.29) is 0 Å². The number of rotatable bonds is 6. The van der Waals surface area contributed by atoms with Crippen molar-refractivity contribution in [3.05, 3.63) is 40.9 Å². The van der Waals surface area contributed by atoms with Crippen LogP contribution in [-0.4, -0.2) is 34.3 Å². The first-order valence-corrected chi connectivity index (χ1v) is 9.04. The summed E-state index contributed by atoms with van der Waals surface area (Å²) in [7, 11) is 0. The molecule has 0 unspecified atom stereocenters. The fourth-order valence-corrected chi connectivity index (χ4v) is 3.22. The van der Waals surface area contributed by atoms with E-state index in [9.17, 15) is 9.59 Å². The van der Waals surface area contributed by atoms with Gasteiger partial charge in [-0.2, -0.15) is 0 Å². The smallest absolute Gasteiger partial charge is 0.344 e. The summed E-state index contributed by atoms with van der Waals surface area (Å²) < 4.78 is 15.3. The third-order valence-corrected chi connectivity index (χ3v) is 4.30. The standard InChI is InChI=1S/C18H22N2O5S/c1-11-14(12(2)25-20-11)10-26-16-13(7-6-8-19-16)17(22)23-9-15(21)24-18(3,4)5/h6-8H,9-10H2,1-5H3. The van der Waals surface area contributed by atoms with Crippen molar-refractivity contribution in [2.24, 2.45) is 0 Å². The minimum absolute atomic E-state index is 0.299. The zero-order valence-electron chi connectivity index (χ0n) is 15.5. The van der Waals surface area contributed by atoms with Crippen LogP contribution < -0.4 is 0 Å². The third-order valence-electron chi connectivity index (χ3n) is 3.27. The van der Waals surface area contributed by atoms with Crippen LogP contribution in [0.5, 0.6) is 0 Å². The van der Waals surface area contributed by atoms with E-state index in [1.165, 1.54) is 11.8 Å². The van der Waals surface area contributed by atoms with E-state index in [2.05, 4.69) is 10.1 Å². The number of carbonyl (C=O) groups is 2. The van der Waals surface area contributed by atoms with Gasteiger partial charge in [0.2, 0.25) is 0 Å². The molecule has 2 aromatic rings. The lowest BCUT2D eigenvalue weighted by atomic mass is 10.2. The molecule has 0 saturated carbocycles. The van der Waals surface area contributed by atoms with Gasteiger partial charge in [0, 0.05) is 17.5 Å². The fourth-order valence-electron chi connectivity index (χ4n) is 2.08. The number of thioether (sulfide) groups is 1. The highest BCUT2D eigenvalue weighted by molar-refractivity contribution is 7.98. The van der Waals surface area contributed by atoms with E-state index < -0.39 is 24.1 Å². The molecule has 2 rings (SSSR count). The first-order chi connectivity index (χ1) is 12.2. The Balaban J connectivity index is 2.01. The van der Waals surface area contributed by atoms with E-state index in [0.29, 0.717) is 16.3 Å². The molecule has 7 nitrogen and oxygen atoms in total. The molecule has 0 aliphatic heterocycles. The van der Waals surface area contributed by atoms with Crippen molar-refractivity contribution in [3.8, 4) is 0 Å². The Kier molecular flexibility index (Phi) is 6.42. The van der Waals surface area contributed by atoms with Gasteiger partial charge in [0.25, 0.3) is 0 Å². The lowest BCUT2D eigenvalue weighted by molar-refractivity contribution is -0.158. The molecule has 140 valence electrons. The SMILES string of the molecule is Cc1noc(C)c1CSc1ncccc1C(=O)OCC(=O)OC(C)(C)C. The van der Waals surface area contributed by atoms with Crippen molar-refractivity contribution in [3.63, 3.8) is 0 Å². The molecular weight excluding hydrogens is 356 g/mol. The van der Waals surface area contributed by atoms with Crippen LogP contribution in [0.4, 0.5) is 0 Å². The van der Waals surface area contributed by atoms with Gasteiger partial charge >= 0.3 is 11.9 Å². The Bertz CT molecular complexity index is 776. The Morgan fingerprint density at radius 3 is 2.62 bits per heavy atom. The van der Waals surface area contributed by atoms with E-state index in [1.54, 1.807) is 39.1 Å². The maximum atomic E-state index is 12.3. The molecule has 0 N–H and O–H groups in total. The molecule has 0 saturated heterocycles. The predicted octanol–water partition coefficient (Wildman–Crippen LogP) is 3.48. The van der Waals surface area contributed by atoms with Crippen LogP contribution in [0.15, 0.2) is 27.9 Å². The van der Waals surface area contributed by atoms with Crippen LogP contribution >= 0.6 is 11.8 Å². The number of pyridine rings is 1. The number of carbonyl (C=O) groups excluding carboxylic acids is 2. The van der Waals surface area contributed by atoms with Gasteiger partial charge in [-0.3, -0.25) is 0 Å². The van der Waals surface area contributed by atoms with Crippen LogP contribution in [0.25, 0.3) is 0 Å². The van der Waals surface area contributed by atoms with Crippen LogP contribution in [0.3, 0.4) is 0 Å². The normalized spacial score (nSPS) is 11.3. The van der Waals surface area contributed by atoms with E-state index >= 15 is 0 Å². The topological polar surface area (TPSA) is 91.5 Å². The summed E-state index contributed by atoms with van der Waals surface area (Å²) >= 11 is 1.38. The summed E-state index contributed by atoms with van der Waals surface area (Å²) in [5, 5.41) is 4.43.